The fourth-order valence-corrected chi connectivity index (χ4v) is 4.36. The Morgan fingerprint density at radius 1 is 0.559 bits per heavy atom. The number of alkyl halides is 3. The fourth-order valence-electron chi connectivity index (χ4n) is 4.20. The summed E-state index contributed by atoms with van der Waals surface area (Å²) in [7, 11) is 0. The van der Waals surface area contributed by atoms with E-state index in [9.17, 15) is 30.3 Å². The third kappa shape index (κ3) is 19.8. The first-order valence-corrected chi connectivity index (χ1v) is 20.6. The van der Waals surface area contributed by atoms with Crippen molar-refractivity contribution in [2.75, 3.05) is 41.5 Å². The van der Waals surface area contributed by atoms with Gasteiger partial charge in [0.15, 0.2) is 17.2 Å². The van der Waals surface area contributed by atoms with Gasteiger partial charge in [-0.05, 0) is 30.3 Å². The smallest absolute Gasteiger partial charge is 0.310 e. The van der Waals surface area contributed by atoms with Crippen molar-refractivity contribution in [2.24, 2.45) is 0 Å². The zero-order valence-corrected chi connectivity index (χ0v) is 36.1. The molecule has 0 bridgehead atoms. The van der Waals surface area contributed by atoms with E-state index in [1.807, 2.05) is 45.8 Å². The van der Waals surface area contributed by atoms with Gasteiger partial charge in [-0.3, -0.25) is 30.3 Å². The average Bonchev–Trinajstić information content (AvgIpc) is 3.97. The minimum Gasteiger partial charge on any atom is -0.502 e. The first-order valence-electron chi connectivity index (χ1n) is 17.2. The molecule has 2 aromatic heterocycles. The minimum atomic E-state index is -0.630. The van der Waals surface area contributed by atoms with Crippen molar-refractivity contribution >= 4 is 70.5 Å². The zero-order chi connectivity index (χ0) is 43.3. The molecule has 0 radical (unpaired) electrons. The van der Waals surface area contributed by atoms with Crippen LogP contribution in [0.5, 0.6) is 23.0 Å². The predicted molar refractivity (Wildman–Crippen MR) is 234 cm³/mol. The van der Waals surface area contributed by atoms with Gasteiger partial charge in [-0.25, -0.2) is 9.97 Å². The highest BCUT2D eigenvalue weighted by Gasteiger charge is 2.14. The number of phenolic OH excluding ortho intramolecular Hbond substituents is 1. The molecule has 6 aromatic rings. The molecule has 3 N–H and O–H groups in total. The number of nitro benzene ring substituents is 3. The van der Waals surface area contributed by atoms with E-state index in [-0.39, 0.29) is 28.6 Å². The van der Waals surface area contributed by atoms with Gasteiger partial charge in [0.2, 0.25) is 0 Å². The van der Waals surface area contributed by atoms with Crippen molar-refractivity contribution in [1.29, 1.82) is 0 Å². The molecule has 0 aliphatic heterocycles. The number of nitrogens with two attached hydrogens (primary N) is 1. The lowest BCUT2D eigenvalue weighted by Crippen LogP contribution is -2.07. The van der Waals surface area contributed by atoms with Crippen LogP contribution in [-0.4, -0.2) is 74.8 Å². The highest BCUT2D eigenvalue weighted by molar-refractivity contribution is 9.12. The number of benzene rings is 4. The van der Waals surface area contributed by atoms with Crippen LogP contribution in [0, 0.1) is 30.3 Å². The topological polar surface area (TPSA) is 239 Å². The minimum absolute atomic E-state index is 0.00319. The lowest BCUT2D eigenvalue weighted by atomic mass is 10.3. The number of ether oxygens (including phenoxy) is 3. The summed E-state index contributed by atoms with van der Waals surface area (Å²) >= 11 is 9.58. The molecule has 59 heavy (non-hydrogen) atoms. The van der Waals surface area contributed by atoms with Gasteiger partial charge in [0.1, 0.15) is 19.0 Å². The third-order valence-electron chi connectivity index (χ3n) is 6.86. The van der Waals surface area contributed by atoms with Gasteiger partial charge in [-0.2, -0.15) is 0 Å². The van der Waals surface area contributed by atoms with E-state index in [0.29, 0.717) is 43.1 Å². The molecule has 0 unspecified atom stereocenters. The average molecular weight is 1010 g/mol. The monoisotopic (exact) mass is 1010 g/mol. The van der Waals surface area contributed by atoms with Gasteiger partial charge < -0.3 is 34.2 Å². The number of aromatic hydroxyl groups is 1. The lowest BCUT2D eigenvalue weighted by molar-refractivity contribution is -0.386. The van der Waals surface area contributed by atoms with Crippen LogP contribution in [-0.2, 0) is 13.1 Å². The van der Waals surface area contributed by atoms with E-state index in [4.69, 9.17) is 25.1 Å². The fraction of sp³-hybridized carbons (Fsp3) is 0.211. The van der Waals surface area contributed by atoms with Crippen LogP contribution in [0.2, 0.25) is 0 Å². The summed E-state index contributed by atoms with van der Waals surface area (Å²) in [6.45, 7) is 2.75. The number of hydrogen-bond acceptors (Lipinski definition) is 13. The number of imidazole rings is 2. The number of aromatic nitrogens is 4. The van der Waals surface area contributed by atoms with E-state index in [1.165, 1.54) is 36.4 Å². The first-order chi connectivity index (χ1) is 28.5. The Hall–Kier alpha value is -6.06. The van der Waals surface area contributed by atoms with E-state index in [2.05, 4.69) is 57.8 Å². The van der Waals surface area contributed by atoms with Crippen LogP contribution < -0.4 is 19.9 Å². The molecular formula is C38H41Br3N8O10. The normalized spacial score (nSPS) is 9.68. The van der Waals surface area contributed by atoms with E-state index >= 15 is 0 Å². The number of halogens is 3. The second-order valence-corrected chi connectivity index (χ2v) is 13.3. The molecule has 4 aromatic carbocycles. The summed E-state index contributed by atoms with van der Waals surface area (Å²) in [4.78, 5) is 37.6. The molecule has 0 atom stereocenters. The molecule has 0 amide bonds. The number of anilines is 1. The largest absolute Gasteiger partial charge is 0.502 e. The second kappa shape index (κ2) is 29.2. The van der Waals surface area contributed by atoms with E-state index in [1.54, 1.807) is 61.4 Å². The molecule has 2 heterocycles. The Kier molecular flexibility index (Phi) is 24.3. The summed E-state index contributed by atoms with van der Waals surface area (Å²) in [6, 6.07) is 25.7. The molecule has 0 saturated heterocycles. The van der Waals surface area contributed by atoms with Crippen molar-refractivity contribution in [2.45, 2.75) is 13.1 Å². The number of phenols is 1. The quantitative estimate of drug-likeness (QED) is 0.0423. The van der Waals surface area contributed by atoms with Crippen LogP contribution in [0.25, 0.3) is 0 Å². The summed E-state index contributed by atoms with van der Waals surface area (Å²) in [5.41, 5.74) is 6.13. The van der Waals surface area contributed by atoms with Gasteiger partial charge in [0.05, 0.1) is 52.8 Å². The van der Waals surface area contributed by atoms with E-state index in [0.717, 1.165) is 23.0 Å². The highest BCUT2D eigenvalue weighted by atomic mass is 79.9. The molecule has 0 aliphatic rings. The van der Waals surface area contributed by atoms with E-state index < -0.39 is 14.8 Å². The van der Waals surface area contributed by atoms with Crippen LogP contribution in [0.15, 0.2) is 135 Å². The molecule has 0 fully saturated rings. The first kappa shape index (κ1) is 49.1. The SMILES string of the molecule is BrCCBr.Nc1ccccc1OCCn1ccnc1.O=[N+]([O-])c1ccccc1O.O=[N+]([O-])c1ccccc1OCCBr.O=[N+]([O-])c1ccccc1OCCn1ccnc1. The van der Waals surface area contributed by atoms with Crippen LogP contribution >= 0.6 is 47.8 Å². The zero-order valence-electron chi connectivity index (χ0n) is 31.3. The summed E-state index contributed by atoms with van der Waals surface area (Å²) in [5.74, 6) is 1.04. The van der Waals surface area contributed by atoms with Crippen molar-refractivity contribution in [3.63, 3.8) is 0 Å². The molecule has 18 nitrogen and oxygen atoms in total. The van der Waals surface area contributed by atoms with Gasteiger partial charge in [0, 0.05) is 59.0 Å². The van der Waals surface area contributed by atoms with Crippen molar-refractivity contribution in [1.82, 2.24) is 19.1 Å². The molecule has 21 heteroatoms. The molecule has 0 saturated carbocycles. The van der Waals surface area contributed by atoms with Crippen molar-refractivity contribution < 1.29 is 34.1 Å². The standard InChI is InChI=1S/C11H11N3O3.C11H13N3O.C8H8BrNO3.C6H5NO3.C2H4Br2/c15-14(16)10-3-1-2-4-11(10)17-8-7-13-6-5-12-9-13;12-10-3-1-2-4-11(10)15-8-7-14-6-5-13-9-14;9-5-6-13-8-4-2-1-3-7(8)10(11)12;8-6-4-2-1-3-5(6)7(9)10;3-1-2-4/h1-6,9H,7-8H2;1-6,9H,7-8,12H2;1-4H,5-6H2;1-4,8H;1-2H2. The molecular weight excluding hydrogens is 968 g/mol. The lowest BCUT2D eigenvalue weighted by Gasteiger charge is -2.08. The van der Waals surface area contributed by atoms with Gasteiger partial charge >= 0.3 is 17.1 Å². The number of hydrogen-bond donors (Lipinski definition) is 2. The summed E-state index contributed by atoms with van der Waals surface area (Å²) < 4.78 is 19.9. The molecule has 0 spiro atoms. The Bertz CT molecular complexity index is 2090. The van der Waals surface area contributed by atoms with Crippen LogP contribution in [0.1, 0.15) is 0 Å². The van der Waals surface area contributed by atoms with Crippen LogP contribution in [0.3, 0.4) is 0 Å². The van der Waals surface area contributed by atoms with Gasteiger partial charge in [-0.15, -0.1) is 0 Å². The maximum atomic E-state index is 10.7. The maximum absolute atomic E-state index is 10.7. The Morgan fingerprint density at radius 2 is 0.949 bits per heavy atom. The Balaban J connectivity index is 0.000000267. The molecule has 314 valence electrons. The molecule has 0 aliphatic carbocycles. The summed E-state index contributed by atoms with van der Waals surface area (Å²) in [5, 5.41) is 42.9. The van der Waals surface area contributed by atoms with Crippen LogP contribution in [0.4, 0.5) is 22.7 Å². The van der Waals surface area contributed by atoms with Gasteiger partial charge in [0.25, 0.3) is 0 Å². The number of nitrogen functional groups attached to an aromatic ring is 1. The van der Waals surface area contributed by atoms with Gasteiger partial charge in [-0.1, -0.05) is 96.3 Å². The Labute approximate surface area is 364 Å². The number of nitro groups is 3. The van der Waals surface area contributed by atoms with Crippen molar-refractivity contribution in [3.05, 3.63) is 165 Å². The third-order valence-corrected chi connectivity index (χ3v) is 9.04. The number of nitrogens with zero attached hydrogens (tertiary/aromatic N) is 7. The highest BCUT2D eigenvalue weighted by Crippen LogP contribution is 2.27. The molecule has 6 rings (SSSR count). The van der Waals surface area contributed by atoms with Crippen molar-refractivity contribution in [3.8, 4) is 23.0 Å². The number of para-hydroxylation sites is 8. The maximum Gasteiger partial charge on any atom is 0.310 e. The summed E-state index contributed by atoms with van der Waals surface area (Å²) in [6.07, 6.45) is 10.6. The number of rotatable bonds is 15. The predicted octanol–water partition coefficient (Wildman–Crippen LogP) is 8.86. The Morgan fingerprint density at radius 3 is 1.32 bits per heavy atom. The second-order valence-electron chi connectivity index (χ2n) is 10.9.